The number of nitrogens with one attached hydrogen (secondary N) is 1. The molecule has 0 atom stereocenters. The Balaban J connectivity index is 2.11. The Morgan fingerprint density at radius 2 is 2.24 bits per heavy atom. The molecule has 17 heavy (non-hydrogen) atoms. The van der Waals surface area contributed by atoms with Gasteiger partial charge in [0.25, 0.3) is 5.91 Å². The van der Waals surface area contributed by atoms with Crippen molar-refractivity contribution in [1.82, 2.24) is 4.98 Å². The highest BCUT2D eigenvalue weighted by Crippen LogP contribution is 2.26. The second kappa shape index (κ2) is 4.98. The Morgan fingerprint density at radius 1 is 1.47 bits per heavy atom. The van der Waals surface area contributed by atoms with E-state index in [-0.39, 0.29) is 5.91 Å². The summed E-state index contributed by atoms with van der Waals surface area (Å²) in [4.78, 5) is 18.1. The number of hydrogen-bond acceptors (Lipinski definition) is 4. The predicted octanol–water partition coefficient (Wildman–Crippen LogP) is 3.89. The molecule has 0 saturated carbocycles. The summed E-state index contributed by atoms with van der Waals surface area (Å²) in [5.74, 6) is 0.379. The number of carbonyl (C=O) groups excluding carboxylic acids is 1. The Morgan fingerprint density at radius 3 is 2.76 bits per heavy atom. The SMILES string of the molecule is Cc1ccsc1C(=O)Nc1ncc(C(C)C)s1. The molecule has 0 aromatic carbocycles. The second-order valence-corrected chi connectivity index (χ2v) is 6.09. The van der Waals surface area contributed by atoms with Crippen molar-refractivity contribution < 1.29 is 4.79 Å². The highest BCUT2D eigenvalue weighted by atomic mass is 32.1. The molecule has 1 N–H and O–H groups in total. The lowest BCUT2D eigenvalue weighted by Crippen LogP contribution is -2.10. The summed E-state index contributed by atoms with van der Waals surface area (Å²) in [6.45, 7) is 6.16. The Hall–Kier alpha value is -1.20. The largest absolute Gasteiger partial charge is 0.297 e. The quantitative estimate of drug-likeness (QED) is 0.915. The van der Waals surface area contributed by atoms with Crippen molar-refractivity contribution in [3.63, 3.8) is 0 Å². The normalized spacial score (nSPS) is 10.8. The molecular formula is C12H14N2OS2. The lowest BCUT2D eigenvalue weighted by Gasteiger charge is -2.00. The average Bonchev–Trinajstić information content (AvgIpc) is 2.86. The van der Waals surface area contributed by atoms with E-state index >= 15 is 0 Å². The lowest BCUT2D eigenvalue weighted by molar-refractivity contribution is 0.103. The van der Waals surface area contributed by atoms with E-state index < -0.39 is 0 Å². The number of thiazole rings is 1. The van der Waals surface area contributed by atoms with E-state index in [1.807, 2.05) is 24.6 Å². The van der Waals surface area contributed by atoms with Gasteiger partial charge in [-0.1, -0.05) is 13.8 Å². The van der Waals surface area contributed by atoms with Crippen LogP contribution in [0.4, 0.5) is 5.13 Å². The molecule has 0 saturated heterocycles. The molecule has 2 aromatic rings. The minimum absolute atomic E-state index is 0.0674. The maximum absolute atomic E-state index is 11.9. The minimum Gasteiger partial charge on any atom is -0.297 e. The standard InChI is InChI=1S/C12H14N2OS2/c1-7(2)9-6-13-12(17-9)14-11(15)10-8(3)4-5-16-10/h4-7H,1-3H3,(H,13,14,15). The van der Waals surface area contributed by atoms with Gasteiger partial charge in [-0.2, -0.15) is 0 Å². The van der Waals surface area contributed by atoms with Gasteiger partial charge >= 0.3 is 0 Å². The fourth-order valence-corrected chi connectivity index (χ4v) is 3.00. The van der Waals surface area contributed by atoms with Crippen molar-refractivity contribution in [2.45, 2.75) is 26.7 Å². The first-order chi connectivity index (χ1) is 8.08. The van der Waals surface area contributed by atoms with E-state index in [1.54, 1.807) is 0 Å². The third-order valence-electron chi connectivity index (χ3n) is 2.38. The number of carbonyl (C=O) groups is 1. The summed E-state index contributed by atoms with van der Waals surface area (Å²) >= 11 is 2.99. The van der Waals surface area contributed by atoms with Crippen molar-refractivity contribution in [2.75, 3.05) is 5.32 Å². The maximum atomic E-state index is 11.9. The van der Waals surface area contributed by atoms with Gasteiger partial charge in [0.05, 0.1) is 4.88 Å². The zero-order valence-electron chi connectivity index (χ0n) is 9.98. The summed E-state index contributed by atoms with van der Waals surface area (Å²) in [6.07, 6.45) is 1.83. The van der Waals surface area contributed by atoms with Crippen LogP contribution in [0.2, 0.25) is 0 Å². The molecule has 0 bridgehead atoms. The van der Waals surface area contributed by atoms with Gasteiger partial charge in [-0.25, -0.2) is 4.98 Å². The monoisotopic (exact) mass is 266 g/mol. The van der Waals surface area contributed by atoms with Crippen molar-refractivity contribution in [1.29, 1.82) is 0 Å². The molecule has 0 fully saturated rings. The molecule has 0 aliphatic rings. The minimum atomic E-state index is -0.0674. The van der Waals surface area contributed by atoms with Crippen LogP contribution in [0, 0.1) is 6.92 Å². The van der Waals surface area contributed by atoms with Gasteiger partial charge in [0, 0.05) is 11.1 Å². The Kier molecular flexibility index (Phi) is 3.59. The smallest absolute Gasteiger partial charge is 0.267 e. The number of aryl methyl sites for hydroxylation is 1. The van der Waals surface area contributed by atoms with Crippen LogP contribution in [0.15, 0.2) is 17.6 Å². The molecule has 1 amide bonds. The van der Waals surface area contributed by atoms with E-state index in [1.165, 1.54) is 27.6 Å². The second-order valence-electron chi connectivity index (χ2n) is 4.11. The summed E-state index contributed by atoms with van der Waals surface area (Å²) in [5, 5.41) is 5.43. The highest BCUT2D eigenvalue weighted by molar-refractivity contribution is 7.16. The van der Waals surface area contributed by atoms with Crippen LogP contribution in [-0.2, 0) is 0 Å². The van der Waals surface area contributed by atoms with E-state index in [9.17, 15) is 4.79 Å². The van der Waals surface area contributed by atoms with Gasteiger partial charge in [0.1, 0.15) is 0 Å². The summed E-state index contributed by atoms with van der Waals surface area (Å²) in [7, 11) is 0. The summed E-state index contributed by atoms with van der Waals surface area (Å²) < 4.78 is 0. The fourth-order valence-electron chi connectivity index (χ4n) is 1.37. The zero-order valence-corrected chi connectivity index (χ0v) is 11.6. The molecule has 2 rings (SSSR count). The molecule has 0 aliphatic carbocycles. The van der Waals surface area contributed by atoms with Crippen LogP contribution in [0.3, 0.4) is 0 Å². The molecule has 0 radical (unpaired) electrons. The number of nitrogens with zero attached hydrogens (tertiary/aromatic N) is 1. The van der Waals surface area contributed by atoms with Crippen LogP contribution in [-0.4, -0.2) is 10.9 Å². The van der Waals surface area contributed by atoms with Gasteiger partial charge in [0.2, 0.25) is 0 Å². The molecule has 2 heterocycles. The van der Waals surface area contributed by atoms with E-state index in [0.29, 0.717) is 11.0 Å². The number of anilines is 1. The number of thiophene rings is 1. The Labute approximate surface area is 109 Å². The maximum Gasteiger partial charge on any atom is 0.267 e. The fraction of sp³-hybridized carbons (Fsp3) is 0.333. The molecular weight excluding hydrogens is 252 g/mol. The van der Waals surface area contributed by atoms with Crippen molar-refractivity contribution in [3.05, 3.63) is 33.0 Å². The first-order valence-corrected chi connectivity index (χ1v) is 7.08. The molecule has 0 spiro atoms. The van der Waals surface area contributed by atoms with Crippen LogP contribution in [0.25, 0.3) is 0 Å². The summed E-state index contributed by atoms with van der Waals surface area (Å²) in [6, 6.07) is 1.95. The molecule has 5 heteroatoms. The summed E-state index contributed by atoms with van der Waals surface area (Å²) in [5.41, 5.74) is 1.01. The average molecular weight is 266 g/mol. The van der Waals surface area contributed by atoms with Crippen LogP contribution in [0.1, 0.15) is 39.9 Å². The highest BCUT2D eigenvalue weighted by Gasteiger charge is 2.13. The first kappa shape index (κ1) is 12.3. The van der Waals surface area contributed by atoms with Crippen molar-refractivity contribution in [2.24, 2.45) is 0 Å². The number of amides is 1. The molecule has 0 aliphatic heterocycles. The van der Waals surface area contributed by atoms with Gasteiger partial charge in [0.15, 0.2) is 5.13 Å². The molecule has 90 valence electrons. The molecule has 3 nitrogen and oxygen atoms in total. The van der Waals surface area contributed by atoms with Gasteiger partial charge < -0.3 is 0 Å². The number of rotatable bonds is 3. The Bertz CT molecular complexity index is 528. The van der Waals surface area contributed by atoms with Crippen molar-refractivity contribution >= 4 is 33.7 Å². The predicted molar refractivity (Wildman–Crippen MR) is 73.2 cm³/mol. The van der Waals surface area contributed by atoms with Crippen LogP contribution < -0.4 is 5.32 Å². The number of hydrogen-bond donors (Lipinski definition) is 1. The molecule has 0 unspecified atom stereocenters. The first-order valence-electron chi connectivity index (χ1n) is 5.39. The van der Waals surface area contributed by atoms with Gasteiger partial charge in [-0.05, 0) is 29.9 Å². The third kappa shape index (κ3) is 2.73. The third-order valence-corrected chi connectivity index (χ3v) is 4.61. The lowest BCUT2D eigenvalue weighted by atomic mass is 10.2. The van der Waals surface area contributed by atoms with E-state index in [0.717, 1.165) is 10.4 Å². The van der Waals surface area contributed by atoms with Crippen LogP contribution >= 0.6 is 22.7 Å². The van der Waals surface area contributed by atoms with Crippen molar-refractivity contribution in [3.8, 4) is 0 Å². The zero-order chi connectivity index (χ0) is 12.4. The van der Waals surface area contributed by atoms with Crippen LogP contribution in [0.5, 0.6) is 0 Å². The van der Waals surface area contributed by atoms with Gasteiger partial charge in [-0.3, -0.25) is 10.1 Å². The topological polar surface area (TPSA) is 42.0 Å². The van der Waals surface area contributed by atoms with E-state index in [4.69, 9.17) is 0 Å². The molecule has 2 aromatic heterocycles. The van der Waals surface area contributed by atoms with Gasteiger partial charge in [-0.15, -0.1) is 22.7 Å². The van der Waals surface area contributed by atoms with E-state index in [2.05, 4.69) is 24.1 Å². The number of aromatic nitrogens is 1.